The lowest BCUT2D eigenvalue weighted by Crippen LogP contribution is -2.32. The summed E-state index contributed by atoms with van der Waals surface area (Å²) in [7, 11) is 4.23. The molecule has 0 unspecified atom stereocenters. The summed E-state index contributed by atoms with van der Waals surface area (Å²) in [5, 5.41) is 10.4. The van der Waals surface area contributed by atoms with E-state index < -0.39 is 23.0 Å². The first-order valence-corrected chi connectivity index (χ1v) is 10.1. The second-order valence-corrected chi connectivity index (χ2v) is 7.51. The number of rotatable bonds is 5. The van der Waals surface area contributed by atoms with Crippen LogP contribution in [0.15, 0.2) is 65.6 Å². The van der Waals surface area contributed by atoms with Crippen LogP contribution >= 0.6 is 0 Å². The van der Waals surface area contributed by atoms with E-state index in [2.05, 4.69) is 0 Å². The van der Waals surface area contributed by atoms with Gasteiger partial charge in [-0.25, -0.2) is 8.78 Å². The third kappa shape index (κ3) is 4.15. The van der Waals surface area contributed by atoms with Crippen molar-refractivity contribution in [1.82, 2.24) is 4.57 Å². The number of hydrogen-bond acceptors (Lipinski definition) is 5. The van der Waals surface area contributed by atoms with Gasteiger partial charge in [0.05, 0.1) is 25.4 Å². The van der Waals surface area contributed by atoms with Gasteiger partial charge in [-0.3, -0.25) is 9.59 Å². The monoisotopic (exact) mass is 466 g/mol. The lowest BCUT2D eigenvalue weighted by molar-refractivity contribution is 0.0991. The Morgan fingerprint density at radius 1 is 0.941 bits per heavy atom. The van der Waals surface area contributed by atoms with Gasteiger partial charge < -0.3 is 24.0 Å². The van der Waals surface area contributed by atoms with Crippen LogP contribution in [0, 0.1) is 11.6 Å². The van der Waals surface area contributed by atoms with Gasteiger partial charge in [0.2, 0.25) is 5.43 Å². The van der Waals surface area contributed by atoms with E-state index in [-0.39, 0.29) is 22.4 Å². The summed E-state index contributed by atoms with van der Waals surface area (Å²) in [5.41, 5.74) is -0.0548. The lowest BCUT2D eigenvalue weighted by Gasteiger charge is -2.20. The number of hydrogen-bond donors (Lipinski definition) is 1. The van der Waals surface area contributed by atoms with Crippen molar-refractivity contribution in [2.45, 2.75) is 0 Å². The molecular formula is C25H20F2N2O5. The van der Waals surface area contributed by atoms with E-state index in [0.29, 0.717) is 28.8 Å². The fourth-order valence-corrected chi connectivity index (χ4v) is 3.65. The van der Waals surface area contributed by atoms with Gasteiger partial charge in [0.15, 0.2) is 0 Å². The molecule has 0 aliphatic heterocycles. The molecule has 0 aliphatic rings. The molecule has 34 heavy (non-hydrogen) atoms. The summed E-state index contributed by atoms with van der Waals surface area (Å²) in [6.07, 6.45) is 1.31. The molecule has 9 heteroatoms. The number of methoxy groups -OCH3 is 2. The van der Waals surface area contributed by atoms with Gasteiger partial charge in [0.25, 0.3) is 5.91 Å². The van der Waals surface area contributed by atoms with Gasteiger partial charge in [-0.2, -0.15) is 0 Å². The largest absolute Gasteiger partial charge is 0.508 e. The van der Waals surface area contributed by atoms with Gasteiger partial charge in [0.1, 0.15) is 34.4 Å². The maximum Gasteiger partial charge on any atom is 0.263 e. The standard InChI is InChI=1S/C25H20F2N2O5/c1-28(16-7-14(26)6-15(27)8-16)25(32)22-13-29(17-9-18(30)11-20(10-17)34-3)23-12-19(33-2)4-5-21(23)24(22)31/h4-13,30H,1-3H3. The molecule has 7 nitrogen and oxygen atoms in total. The molecule has 0 saturated carbocycles. The number of pyridine rings is 1. The summed E-state index contributed by atoms with van der Waals surface area (Å²) in [4.78, 5) is 27.6. The molecule has 0 aliphatic carbocycles. The zero-order valence-corrected chi connectivity index (χ0v) is 18.5. The minimum atomic E-state index is -0.857. The zero-order chi connectivity index (χ0) is 24.6. The van der Waals surface area contributed by atoms with Crippen LogP contribution < -0.4 is 19.8 Å². The maximum atomic E-state index is 13.7. The number of benzene rings is 3. The van der Waals surface area contributed by atoms with Gasteiger partial charge in [0, 0.05) is 54.6 Å². The molecule has 1 aromatic heterocycles. The predicted octanol–water partition coefficient (Wildman–Crippen LogP) is 4.27. The molecule has 174 valence electrons. The fourth-order valence-electron chi connectivity index (χ4n) is 3.65. The van der Waals surface area contributed by atoms with Crippen LogP contribution in [0.25, 0.3) is 16.6 Å². The average Bonchev–Trinajstić information content (AvgIpc) is 2.82. The van der Waals surface area contributed by atoms with E-state index in [1.54, 1.807) is 18.2 Å². The van der Waals surface area contributed by atoms with Crippen molar-refractivity contribution in [3.8, 4) is 22.9 Å². The molecule has 0 bridgehead atoms. The van der Waals surface area contributed by atoms with Crippen molar-refractivity contribution in [3.05, 3.63) is 88.2 Å². The summed E-state index contributed by atoms with van der Waals surface area (Å²) >= 11 is 0. The highest BCUT2D eigenvalue weighted by Crippen LogP contribution is 2.28. The van der Waals surface area contributed by atoms with E-state index in [1.807, 2.05) is 0 Å². The second-order valence-electron chi connectivity index (χ2n) is 7.51. The number of fused-ring (bicyclic) bond motifs is 1. The number of phenols is 1. The first-order chi connectivity index (χ1) is 16.2. The van der Waals surface area contributed by atoms with E-state index in [9.17, 15) is 23.5 Å². The molecule has 0 fully saturated rings. The number of ether oxygens (including phenoxy) is 2. The first kappa shape index (κ1) is 22.8. The average molecular weight is 466 g/mol. The number of phenolic OH excluding ortho intramolecular Hbond substituents is 1. The summed E-state index contributed by atoms with van der Waals surface area (Å²) in [5.74, 6) is -1.75. The molecule has 0 spiro atoms. The SMILES string of the molecule is COc1cc(O)cc(-n2cc(C(=O)N(C)c3cc(F)cc(F)c3)c(=O)c3ccc(OC)cc32)c1. The molecular weight excluding hydrogens is 446 g/mol. The third-order valence-corrected chi connectivity index (χ3v) is 5.37. The minimum Gasteiger partial charge on any atom is -0.508 e. The first-order valence-electron chi connectivity index (χ1n) is 10.1. The van der Waals surface area contributed by atoms with Crippen LogP contribution in [0.3, 0.4) is 0 Å². The van der Waals surface area contributed by atoms with Crippen molar-refractivity contribution in [1.29, 1.82) is 0 Å². The quantitative estimate of drug-likeness (QED) is 0.475. The Hall–Kier alpha value is -4.40. The van der Waals surface area contributed by atoms with Gasteiger partial charge in [-0.15, -0.1) is 0 Å². The number of halogens is 2. The summed E-state index contributed by atoms with van der Waals surface area (Å²) in [6.45, 7) is 0. The Labute approximate surface area is 193 Å². The number of aromatic nitrogens is 1. The number of carbonyl (C=O) groups is 1. The van der Waals surface area contributed by atoms with Crippen molar-refractivity contribution in [2.75, 3.05) is 26.2 Å². The maximum absolute atomic E-state index is 13.7. The van der Waals surface area contributed by atoms with Crippen LogP contribution in [0.1, 0.15) is 10.4 Å². The number of anilines is 1. The van der Waals surface area contributed by atoms with Crippen molar-refractivity contribution < 1.29 is 28.2 Å². The molecule has 4 aromatic rings. The Morgan fingerprint density at radius 3 is 2.26 bits per heavy atom. The smallest absolute Gasteiger partial charge is 0.263 e. The fraction of sp³-hybridized carbons (Fsp3) is 0.120. The molecule has 3 aromatic carbocycles. The Balaban J connectivity index is 1.97. The lowest BCUT2D eigenvalue weighted by atomic mass is 10.1. The third-order valence-electron chi connectivity index (χ3n) is 5.37. The molecule has 4 rings (SSSR count). The number of nitrogens with zero attached hydrogens (tertiary/aromatic N) is 2. The second kappa shape index (κ2) is 8.86. The minimum absolute atomic E-state index is 0.0534. The van der Waals surface area contributed by atoms with Gasteiger partial charge in [-0.05, 0) is 24.3 Å². The molecule has 1 amide bonds. The summed E-state index contributed by atoms with van der Waals surface area (Å²) < 4.78 is 39.5. The highest BCUT2D eigenvalue weighted by molar-refractivity contribution is 6.07. The van der Waals surface area contributed by atoms with E-state index >= 15 is 0 Å². The van der Waals surface area contributed by atoms with Crippen LogP contribution in [0.5, 0.6) is 17.2 Å². The molecule has 1 heterocycles. The van der Waals surface area contributed by atoms with Crippen LogP contribution in [0.4, 0.5) is 14.5 Å². The Bertz CT molecular complexity index is 1460. The molecule has 0 saturated heterocycles. The van der Waals surface area contributed by atoms with Crippen LogP contribution in [-0.2, 0) is 0 Å². The van der Waals surface area contributed by atoms with Gasteiger partial charge >= 0.3 is 0 Å². The van der Waals surface area contributed by atoms with E-state index in [1.165, 1.54) is 50.2 Å². The van der Waals surface area contributed by atoms with Crippen LogP contribution in [-0.4, -0.2) is 36.8 Å². The Kier molecular flexibility index (Phi) is 5.93. The number of amides is 1. The molecule has 0 radical (unpaired) electrons. The summed E-state index contributed by atoms with van der Waals surface area (Å²) in [6, 6.07) is 11.8. The number of aromatic hydroxyl groups is 1. The molecule has 1 N–H and O–H groups in total. The van der Waals surface area contributed by atoms with Crippen molar-refractivity contribution >= 4 is 22.5 Å². The highest BCUT2D eigenvalue weighted by Gasteiger charge is 2.22. The normalized spacial score (nSPS) is 10.9. The van der Waals surface area contributed by atoms with Crippen molar-refractivity contribution in [3.63, 3.8) is 0 Å². The van der Waals surface area contributed by atoms with Crippen molar-refractivity contribution in [2.24, 2.45) is 0 Å². The predicted molar refractivity (Wildman–Crippen MR) is 123 cm³/mol. The zero-order valence-electron chi connectivity index (χ0n) is 18.5. The van der Waals surface area contributed by atoms with Crippen LogP contribution in [0.2, 0.25) is 0 Å². The topological polar surface area (TPSA) is 81.0 Å². The molecule has 0 atom stereocenters. The van der Waals surface area contributed by atoms with E-state index in [0.717, 1.165) is 17.0 Å². The highest BCUT2D eigenvalue weighted by atomic mass is 19.1. The van der Waals surface area contributed by atoms with Gasteiger partial charge in [-0.1, -0.05) is 0 Å². The Morgan fingerprint density at radius 2 is 1.62 bits per heavy atom. The van der Waals surface area contributed by atoms with E-state index in [4.69, 9.17) is 9.47 Å². The number of carbonyl (C=O) groups excluding carboxylic acids is 1.